The summed E-state index contributed by atoms with van der Waals surface area (Å²) in [4.78, 5) is 29.5. The molecule has 2 aromatic carbocycles. The van der Waals surface area contributed by atoms with Crippen molar-refractivity contribution in [3.63, 3.8) is 0 Å². The molecule has 0 N–H and O–H groups in total. The minimum absolute atomic E-state index is 0.0569. The van der Waals surface area contributed by atoms with Crippen molar-refractivity contribution in [2.24, 2.45) is 0 Å². The van der Waals surface area contributed by atoms with E-state index in [4.69, 9.17) is 21.1 Å². The van der Waals surface area contributed by atoms with Gasteiger partial charge in [0.05, 0.1) is 7.11 Å². The third-order valence-electron chi connectivity index (χ3n) is 5.12. The SMILES string of the molecule is COc1cccc(C(=O)N(c2ccc(Cl)cc2)C2CCN(C(=O)OC(C)(C)C)CC2)c1. The van der Waals surface area contributed by atoms with Gasteiger partial charge in [-0.3, -0.25) is 4.79 Å². The number of ether oxygens (including phenoxy) is 2. The number of hydrogen-bond donors (Lipinski definition) is 0. The lowest BCUT2D eigenvalue weighted by atomic mass is 10.0. The van der Waals surface area contributed by atoms with E-state index in [-0.39, 0.29) is 18.0 Å². The molecule has 0 aromatic heterocycles. The van der Waals surface area contributed by atoms with Gasteiger partial charge in [-0.2, -0.15) is 0 Å². The molecule has 1 heterocycles. The fourth-order valence-electron chi connectivity index (χ4n) is 3.62. The quantitative estimate of drug-likeness (QED) is 0.633. The Kier molecular flexibility index (Phi) is 7.11. The number of likely N-dealkylation sites (tertiary alicyclic amines) is 1. The summed E-state index contributed by atoms with van der Waals surface area (Å²) in [5.74, 6) is 0.513. The Bertz CT molecular complexity index is 916. The third kappa shape index (κ3) is 5.91. The number of anilines is 1. The molecule has 1 aliphatic rings. The highest BCUT2D eigenvalue weighted by atomic mass is 35.5. The minimum atomic E-state index is -0.536. The highest BCUT2D eigenvalue weighted by Gasteiger charge is 2.33. The molecule has 6 nitrogen and oxygen atoms in total. The lowest BCUT2D eigenvalue weighted by Crippen LogP contribution is -2.50. The van der Waals surface area contributed by atoms with Gasteiger partial charge in [-0.15, -0.1) is 0 Å². The summed E-state index contributed by atoms with van der Waals surface area (Å²) >= 11 is 6.07. The van der Waals surface area contributed by atoms with Gasteiger partial charge >= 0.3 is 6.09 Å². The Morgan fingerprint density at radius 2 is 1.71 bits per heavy atom. The summed E-state index contributed by atoms with van der Waals surface area (Å²) < 4.78 is 10.8. The second-order valence-corrected chi connectivity index (χ2v) is 9.02. The lowest BCUT2D eigenvalue weighted by Gasteiger charge is -2.39. The maximum atomic E-state index is 13.5. The number of rotatable bonds is 4. The van der Waals surface area contributed by atoms with Crippen molar-refractivity contribution in [2.75, 3.05) is 25.1 Å². The van der Waals surface area contributed by atoms with Crippen molar-refractivity contribution in [3.8, 4) is 5.75 Å². The van der Waals surface area contributed by atoms with Crippen LogP contribution in [0.4, 0.5) is 10.5 Å². The number of carbonyl (C=O) groups is 2. The Morgan fingerprint density at radius 1 is 1.06 bits per heavy atom. The van der Waals surface area contributed by atoms with Gasteiger partial charge in [0.1, 0.15) is 11.4 Å². The van der Waals surface area contributed by atoms with Crippen LogP contribution in [0.25, 0.3) is 0 Å². The minimum Gasteiger partial charge on any atom is -0.497 e. The monoisotopic (exact) mass is 444 g/mol. The molecular weight excluding hydrogens is 416 g/mol. The van der Waals surface area contributed by atoms with Crippen LogP contribution in [0.2, 0.25) is 5.02 Å². The molecule has 31 heavy (non-hydrogen) atoms. The summed E-state index contributed by atoms with van der Waals surface area (Å²) in [6.45, 7) is 6.61. The van der Waals surface area contributed by atoms with Crippen LogP contribution >= 0.6 is 11.6 Å². The lowest BCUT2D eigenvalue weighted by molar-refractivity contribution is 0.0205. The fraction of sp³-hybridized carbons (Fsp3) is 0.417. The van der Waals surface area contributed by atoms with Gasteiger partial charge in [-0.1, -0.05) is 17.7 Å². The van der Waals surface area contributed by atoms with Crippen LogP contribution in [0.3, 0.4) is 0 Å². The zero-order valence-electron chi connectivity index (χ0n) is 18.4. The first-order valence-electron chi connectivity index (χ1n) is 10.4. The Labute approximate surface area is 188 Å². The van der Waals surface area contributed by atoms with Crippen LogP contribution in [-0.2, 0) is 4.74 Å². The second kappa shape index (κ2) is 9.60. The predicted molar refractivity (Wildman–Crippen MR) is 122 cm³/mol. The van der Waals surface area contributed by atoms with Crippen LogP contribution in [-0.4, -0.2) is 48.7 Å². The average molecular weight is 445 g/mol. The van der Waals surface area contributed by atoms with E-state index in [9.17, 15) is 9.59 Å². The highest BCUT2D eigenvalue weighted by molar-refractivity contribution is 6.30. The molecule has 1 saturated heterocycles. The number of hydrogen-bond acceptors (Lipinski definition) is 4. The van der Waals surface area contributed by atoms with Gasteiger partial charge < -0.3 is 19.3 Å². The molecule has 2 amide bonds. The van der Waals surface area contributed by atoms with Crippen LogP contribution in [0, 0.1) is 0 Å². The van der Waals surface area contributed by atoms with E-state index < -0.39 is 5.60 Å². The van der Waals surface area contributed by atoms with E-state index in [1.807, 2.05) is 39.0 Å². The maximum absolute atomic E-state index is 13.5. The number of piperidine rings is 1. The first-order chi connectivity index (χ1) is 14.7. The summed E-state index contributed by atoms with van der Waals surface area (Å²) in [5, 5.41) is 0.609. The topological polar surface area (TPSA) is 59.1 Å². The van der Waals surface area contributed by atoms with Gasteiger partial charge in [0, 0.05) is 35.4 Å². The number of halogens is 1. The Morgan fingerprint density at radius 3 is 2.29 bits per heavy atom. The molecule has 166 valence electrons. The van der Waals surface area contributed by atoms with Crippen molar-refractivity contribution < 1.29 is 19.1 Å². The van der Waals surface area contributed by atoms with E-state index in [0.29, 0.717) is 42.3 Å². The van der Waals surface area contributed by atoms with Crippen molar-refractivity contribution in [1.29, 1.82) is 0 Å². The van der Waals surface area contributed by atoms with Crippen molar-refractivity contribution in [2.45, 2.75) is 45.3 Å². The Balaban J connectivity index is 1.82. The Hall–Kier alpha value is -2.73. The molecule has 0 radical (unpaired) electrons. The van der Waals surface area contributed by atoms with Crippen LogP contribution in [0.15, 0.2) is 48.5 Å². The standard InChI is InChI=1S/C24H29ClN2O4/c1-24(2,3)31-23(29)26-14-12-20(13-15-26)27(19-10-8-18(25)9-11-19)22(28)17-6-5-7-21(16-17)30-4/h5-11,16,20H,12-15H2,1-4H3. The predicted octanol–water partition coefficient (Wildman–Crippen LogP) is 5.39. The van der Waals surface area contributed by atoms with Gasteiger partial charge in [-0.25, -0.2) is 4.79 Å². The molecule has 2 aromatic rings. The van der Waals surface area contributed by atoms with E-state index in [1.54, 1.807) is 47.2 Å². The molecule has 0 unspecified atom stereocenters. The third-order valence-corrected chi connectivity index (χ3v) is 5.37. The van der Waals surface area contributed by atoms with Crippen molar-refractivity contribution in [1.82, 2.24) is 4.90 Å². The summed E-state index contributed by atoms with van der Waals surface area (Å²) in [6.07, 6.45) is 0.984. The van der Waals surface area contributed by atoms with E-state index >= 15 is 0 Å². The molecule has 7 heteroatoms. The van der Waals surface area contributed by atoms with Gasteiger partial charge in [0.2, 0.25) is 0 Å². The zero-order valence-corrected chi connectivity index (χ0v) is 19.2. The summed E-state index contributed by atoms with van der Waals surface area (Å²) in [6, 6.07) is 14.3. The van der Waals surface area contributed by atoms with Gasteiger partial charge in [0.25, 0.3) is 5.91 Å². The van der Waals surface area contributed by atoms with Crippen LogP contribution in [0.5, 0.6) is 5.75 Å². The van der Waals surface area contributed by atoms with Gasteiger partial charge in [0.15, 0.2) is 0 Å². The molecule has 0 bridgehead atoms. The average Bonchev–Trinajstić information content (AvgIpc) is 2.74. The second-order valence-electron chi connectivity index (χ2n) is 8.58. The van der Waals surface area contributed by atoms with Crippen LogP contribution in [0.1, 0.15) is 44.0 Å². The first kappa shape index (κ1) is 22.9. The van der Waals surface area contributed by atoms with Crippen molar-refractivity contribution in [3.05, 3.63) is 59.1 Å². The highest BCUT2D eigenvalue weighted by Crippen LogP contribution is 2.28. The molecule has 0 spiro atoms. The fourth-order valence-corrected chi connectivity index (χ4v) is 3.75. The number of benzene rings is 2. The normalized spacial score (nSPS) is 14.8. The smallest absolute Gasteiger partial charge is 0.410 e. The summed E-state index contributed by atoms with van der Waals surface area (Å²) in [7, 11) is 1.58. The number of nitrogens with zero attached hydrogens (tertiary/aromatic N) is 2. The number of carbonyl (C=O) groups excluding carboxylic acids is 2. The molecule has 1 aliphatic heterocycles. The van der Waals surface area contributed by atoms with E-state index in [2.05, 4.69) is 0 Å². The summed E-state index contributed by atoms with van der Waals surface area (Å²) in [5.41, 5.74) is 0.780. The molecule has 0 aliphatic carbocycles. The van der Waals surface area contributed by atoms with Crippen molar-refractivity contribution >= 4 is 29.3 Å². The molecule has 0 saturated carbocycles. The van der Waals surface area contributed by atoms with Gasteiger partial charge in [-0.05, 0) is 76.1 Å². The molecule has 3 rings (SSSR count). The maximum Gasteiger partial charge on any atom is 0.410 e. The largest absolute Gasteiger partial charge is 0.497 e. The van der Waals surface area contributed by atoms with Crippen LogP contribution < -0.4 is 9.64 Å². The van der Waals surface area contributed by atoms with E-state index in [0.717, 1.165) is 5.69 Å². The molecule has 1 fully saturated rings. The number of methoxy groups -OCH3 is 1. The number of amides is 2. The molecular formula is C24H29ClN2O4. The zero-order chi connectivity index (χ0) is 22.6. The molecule has 0 atom stereocenters. The first-order valence-corrected chi connectivity index (χ1v) is 10.8. The van der Waals surface area contributed by atoms with E-state index in [1.165, 1.54) is 0 Å².